The molecule has 2 atom stereocenters. The topological polar surface area (TPSA) is 55.6 Å². The van der Waals surface area contributed by atoms with Gasteiger partial charge in [-0.25, -0.2) is 4.79 Å². The van der Waals surface area contributed by atoms with Crippen LogP contribution in [0.3, 0.4) is 0 Å². The molecule has 100 valence electrons. The lowest BCUT2D eigenvalue weighted by Gasteiger charge is -2.37. The first kappa shape index (κ1) is 14.1. The van der Waals surface area contributed by atoms with Gasteiger partial charge in [-0.1, -0.05) is 0 Å². The zero-order valence-electron chi connectivity index (χ0n) is 9.88. The highest BCUT2D eigenvalue weighted by atomic mass is 19.4. The Hall–Kier alpha value is -0.980. The molecule has 2 N–H and O–H groups in total. The lowest BCUT2D eigenvalue weighted by molar-refractivity contribution is -0.200. The molecule has 1 saturated heterocycles. The average molecular weight is 254 g/mol. The molecule has 1 amide bonds. The monoisotopic (exact) mass is 254 g/mol. The number of hydrogen-bond acceptors (Lipinski definition) is 3. The van der Waals surface area contributed by atoms with Crippen molar-refractivity contribution in [1.29, 1.82) is 0 Å². The van der Waals surface area contributed by atoms with Crippen molar-refractivity contribution >= 4 is 6.09 Å². The first-order valence-corrected chi connectivity index (χ1v) is 5.43. The zero-order valence-corrected chi connectivity index (χ0v) is 9.88. The van der Waals surface area contributed by atoms with Gasteiger partial charge >= 0.3 is 12.3 Å². The maximum atomic E-state index is 12.2. The summed E-state index contributed by atoms with van der Waals surface area (Å²) in [6.45, 7) is 3.18. The van der Waals surface area contributed by atoms with E-state index in [4.69, 9.17) is 5.73 Å². The molecule has 0 bridgehead atoms. The number of rotatable bonds is 1. The number of nitrogens with zero attached hydrogens (tertiary/aromatic N) is 1. The number of amides is 1. The number of nitrogens with two attached hydrogens (primary N) is 1. The SMILES string of the molecule is CC(OC(=O)N1CCCC(C)(N)C1)C(F)(F)F. The van der Waals surface area contributed by atoms with E-state index in [1.54, 1.807) is 6.92 Å². The van der Waals surface area contributed by atoms with Gasteiger partial charge in [0.25, 0.3) is 0 Å². The molecule has 0 aromatic carbocycles. The summed E-state index contributed by atoms with van der Waals surface area (Å²) in [5.41, 5.74) is 5.29. The Morgan fingerprint density at radius 2 is 2.12 bits per heavy atom. The fourth-order valence-corrected chi connectivity index (χ4v) is 1.72. The van der Waals surface area contributed by atoms with Crippen molar-refractivity contribution in [1.82, 2.24) is 4.90 Å². The summed E-state index contributed by atoms with van der Waals surface area (Å²) in [5, 5.41) is 0. The van der Waals surface area contributed by atoms with Crippen molar-refractivity contribution in [2.24, 2.45) is 5.73 Å². The standard InChI is InChI=1S/C10H17F3N2O2/c1-7(10(11,12)13)17-8(16)15-5-3-4-9(2,14)6-15/h7H,3-6,14H2,1-2H3. The van der Waals surface area contributed by atoms with Crippen molar-refractivity contribution in [3.05, 3.63) is 0 Å². The average Bonchev–Trinajstić information content (AvgIpc) is 2.14. The molecule has 0 aromatic rings. The molecular formula is C10H17F3N2O2. The number of likely N-dealkylation sites (tertiary alicyclic amines) is 1. The molecule has 1 aliphatic rings. The molecule has 4 nitrogen and oxygen atoms in total. The van der Waals surface area contributed by atoms with Crippen LogP contribution in [-0.2, 0) is 4.74 Å². The highest BCUT2D eigenvalue weighted by Crippen LogP contribution is 2.24. The van der Waals surface area contributed by atoms with Gasteiger partial charge in [-0.3, -0.25) is 0 Å². The molecule has 1 fully saturated rings. The summed E-state index contributed by atoms with van der Waals surface area (Å²) in [6, 6.07) is 0. The number of carbonyl (C=O) groups excluding carboxylic acids is 1. The predicted octanol–water partition coefficient (Wildman–Crippen LogP) is 1.89. The summed E-state index contributed by atoms with van der Waals surface area (Å²) in [5.74, 6) is 0. The Bertz CT molecular complexity index is 292. The quantitative estimate of drug-likeness (QED) is 0.777. The van der Waals surface area contributed by atoms with Crippen LogP contribution in [0.1, 0.15) is 26.7 Å². The first-order valence-electron chi connectivity index (χ1n) is 5.43. The van der Waals surface area contributed by atoms with Gasteiger partial charge in [0, 0.05) is 18.6 Å². The van der Waals surface area contributed by atoms with E-state index in [1.807, 2.05) is 0 Å². The van der Waals surface area contributed by atoms with Crippen LogP contribution in [0.15, 0.2) is 0 Å². The Kier molecular flexibility index (Phi) is 3.91. The molecule has 17 heavy (non-hydrogen) atoms. The first-order chi connectivity index (χ1) is 7.62. The molecule has 0 aromatic heterocycles. The minimum atomic E-state index is -4.53. The second kappa shape index (κ2) is 4.72. The van der Waals surface area contributed by atoms with Crippen molar-refractivity contribution in [2.75, 3.05) is 13.1 Å². The Labute approximate surface area is 97.9 Å². The number of ether oxygens (including phenoxy) is 1. The van der Waals surface area contributed by atoms with E-state index < -0.39 is 23.9 Å². The Morgan fingerprint density at radius 3 is 2.59 bits per heavy atom. The lowest BCUT2D eigenvalue weighted by Crippen LogP contribution is -2.54. The number of carbonyl (C=O) groups is 1. The zero-order chi connectivity index (χ0) is 13.3. The second-order valence-electron chi connectivity index (χ2n) is 4.75. The molecule has 1 heterocycles. The molecule has 0 radical (unpaired) electrons. The molecule has 0 saturated carbocycles. The third-order valence-electron chi connectivity index (χ3n) is 2.72. The third kappa shape index (κ3) is 4.07. The van der Waals surface area contributed by atoms with Crippen LogP contribution in [0.5, 0.6) is 0 Å². The maximum Gasteiger partial charge on any atom is 0.425 e. The predicted molar refractivity (Wildman–Crippen MR) is 55.4 cm³/mol. The van der Waals surface area contributed by atoms with E-state index in [2.05, 4.69) is 4.74 Å². The van der Waals surface area contributed by atoms with E-state index in [-0.39, 0.29) is 6.54 Å². The summed E-state index contributed by atoms with van der Waals surface area (Å²) in [6.07, 6.45) is -6.17. The van der Waals surface area contributed by atoms with Crippen LogP contribution < -0.4 is 5.73 Å². The van der Waals surface area contributed by atoms with Crippen molar-refractivity contribution < 1.29 is 22.7 Å². The van der Waals surface area contributed by atoms with Crippen LogP contribution in [-0.4, -0.2) is 41.9 Å². The van der Waals surface area contributed by atoms with Gasteiger partial charge in [-0.2, -0.15) is 13.2 Å². The normalized spacial score (nSPS) is 27.8. The minimum Gasteiger partial charge on any atom is -0.437 e. The second-order valence-corrected chi connectivity index (χ2v) is 4.75. The molecule has 1 aliphatic heterocycles. The van der Waals surface area contributed by atoms with Crippen LogP contribution in [0.4, 0.5) is 18.0 Å². The molecule has 2 unspecified atom stereocenters. The molecule has 0 aliphatic carbocycles. The van der Waals surface area contributed by atoms with Gasteiger partial charge in [0.1, 0.15) is 0 Å². The van der Waals surface area contributed by atoms with E-state index >= 15 is 0 Å². The van der Waals surface area contributed by atoms with Crippen molar-refractivity contribution in [3.63, 3.8) is 0 Å². The van der Waals surface area contributed by atoms with Crippen LogP contribution in [0, 0.1) is 0 Å². The molecule has 0 spiro atoms. The van der Waals surface area contributed by atoms with Gasteiger partial charge in [0.05, 0.1) is 0 Å². The van der Waals surface area contributed by atoms with Crippen LogP contribution in [0.25, 0.3) is 0 Å². The fourth-order valence-electron chi connectivity index (χ4n) is 1.72. The number of alkyl halides is 3. The summed E-state index contributed by atoms with van der Waals surface area (Å²) in [7, 11) is 0. The molecule has 1 rings (SSSR count). The number of halogens is 3. The smallest absolute Gasteiger partial charge is 0.425 e. The van der Waals surface area contributed by atoms with E-state index in [0.717, 1.165) is 13.3 Å². The highest BCUT2D eigenvalue weighted by Gasteiger charge is 2.40. The summed E-state index contributed by atoms with van der Waals surface area (Å²) >= 11 is 0. The Morgan fingerprint density at radius 1 is 1.53 bits per heavy atom. The largest absolute Gasteiger partial charge is 0.437 e. The number of hydrogen-bond donors (Lipinski definition) is 1. The molecular weight excluding hydrogens is 237 g/mol. The lowest BCUT2D eigenvalue weighted by atomic mass is 9.93. The minimum absolute atomic E-state index is 0.219. The highest BCUT2D eigenvalue weighted by molar-refractivity contribution is 5.68. The van der Waals surface area contributed by atoms with Gasteiger partial charge in [-0.15, -0.1) is 0 Å². The van der Waals surface area contributed by atoms with Gasteiger partial charge in [0.2, 0.25) is 0 Å². The summed E-state index contributed by atoms with van der Waals surface area (Å²) < 4.78 is 41.0. The number of piperidine rings is 1. The van der Waals surface area contributed by atoms with E-state index in [9.17, 15) is 18.0 Å². The summed E-state index contributed by atoms with van der Waals surface area (Å²) in [4.78, 5) is 12.7. The van der Waals surface area contributed by atoms with Gasteiger partial charge in [0.15, 0.2) is 6.10 Å². The van der Waals surface area contributed by atoms with Crippen molar-refractivity contribution in [2.45, 2.75) is 44.5 Å². The van der Waals surface area contributed by atoms with Crippen LogP contribution in [0.2, 0.25) is 0 Å². The third-order valence-corrected chi connectivity index (χ3v) is 2.72. The van der Waals surface area contributed by atoms with Crippen LogP contribution >= 0.6 is 0 Å². The van der Waals surface area contributed by atoms with E-state index in [0.29, 0.717) is 13.0 Å². The van der Waals surface area contributed by atoms with Crippen molar-refractivity contribution in [3.8, 4) is 0 Å². The maximum absolute atomic E-state index is 12.2. The molecule has 7 heteroatoms. The Balaban J connectivity index is 2.53. The van der Waals surface area contributed by atoms with Gasteiger partial charge in [-0.05, 0) is 26.7 Å². The van der Waals surface area contributed by atoms with E-state index in [1.165, 1.54) is 4.90 Å². The fraction of sp³-hybridized carbons (Fsp3) is 0.900. The van der Waals surface area contributed by atoms with Gasteiger partial charge < -0.3 is 15.4 Å².